The van der Waals surface area contributed by atoms with Crippen molar-refractivity contribution in [1.82, 2.24) is 4.90 Å². The lowest BCUT2D eigenvalue weighted by Crippen LogP contribution is -2.47. The van der Waals surface area contributed by atoms with E-state index in [0.29, 0.717) is 6.42 Å². The van der Waals surface area contributed by atoms with Crippen LogP contribution in [-0.4, -0.2) is 23.9 Å². The maximum atomic E-state index is 11.8. The van der Waals surface area contributed by atoms with Gasteiger partial charge in [0, 0.05) is 30.4 Å². The first-order valence-electron chi connectivity index (χ1n) is 6.62. The van der Waals surface area contributed by atoms with Crippen LogP contribution in [0.4, 0.5) is 0 Å². The van der Waals surface area contributed by atoms with Gasteiger partial charge < -0.3 is 4.90 Å². The Morgan fingerprint density at radius 1 is 1.47 bits per heavy atom. The van der Waals surface area contributed by atoms with Crippen LogP contribution in [0.5, 0.6) is 0 Å². The second-order valence-electron chi connectivity index (χ2n) is 4.92. The van der Waals surface area contributed by atoms with E-state index in [1.807, 2.05) is 11.9 Å². The molecule has 1 amide bonds. The highest BCUT2D eigenvalue weighted by Crippen LogP contribution is 2.40. The van der Waals surface area contributed by atoms with Gasteiger partial charge in [-0.1, -0.05) is 6.07 Å². The molecule has 1 aliphatic carbocycles. The lowest BCUT2D eigenvalue weighted by Gasteiger charge is -2.43. The summed E-state index contributed by atoms with van der Waals surface area (Å²) in [4.78, 5) is 13.7. The minimum Gasteiger partial charge on any atom is -0.342 e. The molecule has 1 aliphatic heterocycles. The standard InChI is InChI=1S/C14H16INO/c1-16-13-6-2-9-8-10(15)3-4-11(9)12(13)5-7-14(16)17/h3-4,8,12-13H,2,5-7H2,1H3/i5D. The van der Waals surface area contributed by atoms with Gasteiger partial charge in [0.05, 0.1) is 0 Å². The van der Waals surface area contributed by atoms with Crippen LogP contribution in [0.1, 0.15) is 37.7 Å². The summed E-state index contributed by atoms with van der Waals surface area (Å²) in [7, 11) is 1.89. The number of likely N-dealkylation sites (N-methyl/N-ethyl adjacent to an activating group) is 1. The van der Waals surface area contributed by atoms with Gasteiger partial charge in [0.25, 0.3) is 0 Å². The molecule has 2 nitrogen and oxygen atoms in total. The van der Waals surface area contributed by atoms with Gasteiger partial charge in [0.1, 0.15) is 0 Å². The fourth-order valence-electron chi connectivity index (χ4n) is 3.08. The maximum Gasteiger partial charge on any atom is 0.222 e. The van der Waals surface area contributed by atoms with Crippen molar-refractivity contribution in [2.24, 2.45) is 0 Å². The van der Waals surface area contributed by atoms with Crippen molar-refractivity contribution in [3.05, 3.63) is 32.9 Å². The molecule has 3 unspecified atom stereocenters. The maximum absolute atomic E-state index is 11.8. The number of likely N-dealkylation sites (tertiary alicyclic amines) is 1. The lowest BCUT2D eigenvalue weighted by molar-refractivity contribution is -0.135. The molecule has 0 spiro atoms. The first-order chi connectivity index (χ1) is 8.58. The first-order valence-corrected chi connectivity index (χ1v) is 7.12. The summed E-state index contributed by atoms with van der Waals surface area (Å²) in [6.45, 7) is 0. The fraction of sp³-hybridized carbons (Fsp3) is 0.500. The summed E-state index contributed by atoms with van der Waals surface area (Å²) >= 11 is 2.33. The molecule has 0 saturated carbocycles. The smallest absolute Gasteiger partial charge is 0.222 e. The monoisotopic (exact) mass is 342 g/mol. The summed E-state index contributed by atoms with van der Waals surface area (Å²) in [6, 6.07) is 6.74. The zero-order valence-electron chi connectivity index (χ0n) is 10.8. The summed E-state index contributed by atoms with van der Waals surface area (Å²) in [5.41, 5.74) is 2.68. The van der Waals surface area contributed by atoms with Crippen LogP contribution in [0.15, 0.2) is 18.2 Å². The van der Waals surface area contributed by atoms with Crippen molar-refractivity contribution in [2.45, 2.75) is 37.6 Å². The second kappa shape index (κ2) is 4.26. The third kappa shape index (κ3) is 1.88. The summed E-state index contributed by atoms with van der Waals surface area (Å²) < 4.78 is 9.51. The fourth-order valence-corrected chi connectivity index (χ4v) is 3.64. The molecule has 90 valence electrons. The van der Waals surface area contributed by atoms with E-state index in [1.165, 1.54) is 14.7 Å². The molecule has 2 aliphatic rings. The molecule has 17 heavy (non-hydrogen) atoms. The number of halogens is 1. The Morgan fingerprint density at radius 2 is 2.29 bits per heavy atom. The van der Waals surface area contributed by atoms with Crippen molar-refractivity contribution in [1.29, 1.82) is 0 Å². The van der Waals surface area contributed by atoms with Crippen molar-refractivity contribution < 1.29 is 6.17 Å². The molecule has 0 N–H and O–H groups in total. The SMILES string of the molecule is [2H]C1CC(=O)N(C)C2CCc3cc(I)ccc3C12. The highest BCUT2D eigenvalue weighted by Gasteiger charge is 2.37. The van der Waals surface area contributed by atoms with Crippen molar-refractivity contribution in [3.8, 4) is 0 Å². The Hall–Kier alpha value is -0.580. The molecule has 0 bridgehead atoms. The third-order valence-electron chi connectivity index (χ3n) is 4.03. The van der Waals surface area contributed by atoms with Crippen LogP contribution in [0.2, 0.25) is 0 Å². The molecule has 1 heterocycles. The van der Waals surface area contributed by atoms with Crippen LogP contribution < -0.4 is 0 Å². The summed E-state index contributed by atoms with van der Waals surface area (Å²) in [5, 5.41) is 0. The molecule has 3 heteroatoms. The number of carbonyl (C=O) groups excluding carboxylic acids is 1. The number of amides is 1. The van der Waals surface area contributed by atoms with Gasteiger partial charge in [0.15, 0.2) is 0 Å². The summed E-state index contributed by atoms with van der Waals surface area (Å²) in [6.07, 6.45) is 2.11. The predicted octanol–water partition coefficient (Wildman–Crippen LogP) is 2.94. The van der Waals surface area contributed by atoms with Crippen LogP contribution >= 0.6 is 22.6 Å². The van der Waals surface area contributed by atoms with Gasteiger partial charge in [-0.2, -0.15) is 0 Å². The molecular weight excluding hydrogens is 325 g/mol. The Labute approximate surface area is 117 Å². The minimum absolute atomic E-state index is 0.130. The normalized spacial score (nSPS) is 32.8. The molecular formula is C14H16INO. The van der Waals surface area contributed by atoms with Crippen LogP contribution in [0.3, 0.4) is 0 Å². The number of hydrogen-bond donors (Lipinski definition) is 0. The van der Waals surface area contributed by atoms with E-state index in [1.54, 1.807) is 0 Å². The highest BCUT2D eigenvalue weighted by atomic mass is 127. The minimum atomic E-state index is -0.280. The number of rotatable bonds is 0. The Bertz CT molecular complexity index is 505. The molecule has 3 rings (SSSR count). The Kier molecular flexibility index (Phi) is 2.60. The molecule has 3 atom stereocenters. The van der Waals surface area contributed by atoms with Gasteiger partial charge in [-0.3, -0.25) is 4.79 Å². The van der Waals surface area contributed by atoms with E-state index < -0.39 is 0 Å². The number of hydrogen-bond acceptors (Lipinski definition) is 1. The predicted molar refractivity (Wildman–Crippen MR) is 76.0 cm³/mol. The van der Waals surface area contributed by atoms with E-state index in [-0.39, 0.29) is 24.3 Å². The third-order valence-corrected chi connectivity index (χ3v) is 4.70. The molecule has 1 saturated heterocycles. The number of aryl methyl sites for hydroxylation is 1. The van der Waals surface area contributed by atoms with Crippen LogP contribution in [-0.2, 0) is 11.2 Å². The van der Waals surface area contributed by atoms with Crippen molar-refractivity contribution in [2.75, 3.05) is 7.05 Å². The van der Waals surface area contributed by atoms with E-state index in [4.69, 9.17) is 1.37 Å². The molecule has 1 aromatic carbocycles. The topological polar surface area (TPSA) is 20.3 Å². The van der Waals surface area contributed by atoms with Crippen LogP contribution in [0, 0.1) is 3.57 Å². The summed E-state index contributed by atoms with van der Waals surface area (Å²) in [5.74, 6) is 0.332. The number of fused-ring (bicyclic) bond motifs is 3. The van der Waals surface area contributed by atoms with Gasteiger partial charge in [0.2, 0.25) is 5.91 Å². The molecule has 0 radical (unpaired) electrons. The Morgan fingerprint density at radius 3 is 3.12 bits per heavy atom. The first kappa shape index (κ1) is 10.4. The second-order valence-corrected chi connectivity index (χ2v) is 6.17. The zero-order valence-corrected chi connectivity index (χ0v) is 12.0. The average Bonchev–Trinajstić information content (AvgIpc) is 2.34. The van der Waals surface area contributed by atoms with Gasteiger partial charge in [-0.25, -0.2) is 0 Å². The lowest BCUT2D eigenvalue weighted by atomic mass is 9.74. The van der Waals surface area contributed by atoms with Crippen molar-refractivity contribution in [3.63, 3.8) is 0 Å². The van der Waals surface area contributed by atoms with Crippen LogP contribution in [0.25, 0.3) is 0 Å². The number of benzene rings is 1. The van der Waals surface area contributed by atoms with E-state index in [2.05, 4.69) is 40.8 Å². The largest absolute Gasteiger partial charge is 0.342 e. The van der Waals surface area contributed by atoms with E-state index >= 15 is 0 Å². The van der Waals surface area contributed by atoms with E-state index in [9.17, 15) is 4.79 Å². The molecule has 1 fully saturated rings. The number of nitrogens with zero attached hydrogens (tertiary/aromatic N) is 1. The zero-order chi connectivity index (χ0) is 12.9. The molecule has 1 aromatic rings. The van der Waals surface area contributed by atoms with Crippen molar-refractivity contribution >= 4 is 28.5 Å². The Balaban J connectivity index is 2.04. The number of piperidine rings is 1. The van der Waals surface area contributed by atoms with Gasteiger partial charge in [-0.15, -0.1) is 0 Å². The average molecular weight is 342 g/mol. The quantitative estimate of drug-likeness (QED) is 0.664. The molecule has 0 aromatic heterocycles. The van der Waals surface area contributed by atoms with E-state index in [0.717, 1.165) is 12.8 Å². The highest BCUT2D eigenvalue weighted by molar-refractivity contribution is 14.1. The number of carbonyl (C=O) groups is 1. The van der Waals surface area contributed by atoms with Gasteiger partial charge in [-0.05, 0) is 65.1 Å². The van der Waals surface area contributed by atoms with Gasteiger partial charge >= 0.3 is 0 Å².